The minimum absolute atomic E-state index is 0.00673. The molecule has 1 fully saturated rings. The van der Waals surface area contributed by atoms with Crippen molar-refractivity contribution in [2.45, 2.75) is 13.5 Å². The van der Waals surface area contributed by atoms with Crippen LogP contribution in [0.25, 0.3) is 11.0 Å². The maximum atomic E-state index is 14.9. The molecule has 0 aliphatic carbocycles. The number of aromatic amines is 1. The number of hydrogen-bond donors (Lipinski definition) is 2. The van der Waals surface area contributed by atoms with E-state index in [1.54, 1.807) is 4.57 Å². The van der Waals surface area contributed by atoms with Crippen LogP contribution in [-0.2, 0) is 6.54 Å². The second-order valence-corrected chi connectivity index (χ2v) is 6.82. The molecule has 1 amide bonds. The fourth-order valence-electron chi connectivity index (χ4n) is 3.31. The van der Waals surface area contributed by atoms with Gasteiger partial charge in [-0.25, -0.2) is 14.5 Å². The van der Waals surface area contributed by atoms with E-state index in [2.05, 4.69) is 35.8 Å². The van der Waals surface area contributed by atoms with Gasteiger partial charge in [0.15, 0.2) is 11.6 Å². The normalized spacial score (nSPS) is 15.1. The number of fused-ring (bicyclic) bond motifs is 1. The summed E-state index contributed by atoms with van der Waals surface area (Å²) in [6.07, 6.45) is 1.42. The number of hydrogen-bond acceptors (Lipinski definition) is 8. The summed E-state index contributed by atoms with van der Waals surface area (Å²) in [4.78, 5) is 33.9. The summed E-state index contributed by atoms with van der Waals surface area (Å²) in [5.74, 6) is -1.05. The lowest BCUT2D eigenvalue weighted by atomic mass is 10.1. The van der Waals surface area contributed by atoms with Crippen LogP contribution in [0.3, 0.4) is 0 Å². The largest absolute Gasteiger partial charge is 0.352 e. The second-order valence-electron chi connectivity index (χ2n) is 6.82. The lowest BCUT2D eigenvalue weighted by Gasteiger charge is -2.33. The molecule has 1 saturated heterocycles. The maximum absolute atomic E-state index is 14.9. The van der Waals surface area contributed by atoms with Gasteiger partial charge in [0.05, 0.1) is 5.39 Å². The summed E-state index contributed by atoms with van der Waals surface area (Å²) in [7, 11) is 2.01. The van der Waals surface area contributed by atoms with Crippen LogP contribution >= 0.6 is 0 Å². The molecule has 0 radical (unpaired) electrons. The fraction of sp³-hybridized carbons (Fsp3) is 0.412. The minimum atomic E-state index is -0.693. The Labute approximate surface area is 164 Å². The Morgan fingerprint density at radius 3 is 2.72 bits per heavy atom. The number of tetrazole rings is 1. The molecule has 0 unspecified atom stereocenters. The predicted molar refractivity (Wildman–Crippen MR) is 103 cm³/mol. The number of aryl methyl sites for hydroxylation is 1. The van der Waals surface area contributed by atoms with E-state index in [1.807, 2.05) is 18.9 Å². The molecule has 2 N–H and O–H groups in total. The number of anilines is 2. The molecular formula is C17H20FN9O2. The molecule has 3 aromatic heterocycles. The SMILES string of the molecule is CCn1cc(C(=O)Nc2nnn[nH]2)c(=O)c2cc(F)c(N3CCN(C)CC3)nc21. The molecule has 0 saturated carbocycles. The van der Waals surface area contributed by atoms with Gasteiger partial charge in [0.2, 0.25) is 11.4 Å². The standard InChI is InChI=1S/C17H20FN9O2/c1-3-26-9-11(16(29)20-17-21-23-24-22-17)13(28)10-8-12(18)15(19-14(10)26)27-6-4-25(2)5-7-27/h8-9H,3-7H2,1-2H3,(H2,20,21,22,23,24,29). The molecule has 11 nitrogen and oxygen atoms in total. The van der Waals surface area contributed by atoms with Crippen LogP contribution in [0.5, 0.6) is 0 Å². The highest BCUT2D eigenvalue weighted by molar-refractivity contribution is 6.04. The third kappa shape index (κ3) is 3.53. The van der Waals surface area contributed by atoms with Crippen LogP contribution in [0, 0.1) is 5.82 Å². The maximum Gasteiger partial charge on any atom is 0.263 e. The summed E-state index contributed by atoms with van der Waals surface area (Å²) in [5, 5.41) is 15.1. The fourth-order valence-corrected chi connectivity index (χ4v) is 3.31. The second kappa shape index (κ2) is 7.54. The zero-order valence-corrected chi connectivity index (χ0v) is 16.0. The molecule has 29 heavy (non-hydrogen) atoms. The Morgan fingerprint density at radius 2 is 2.07 bits per heavy atom. The number of pyridine rings is 2. The third-order valence-electron chi connectivity index (χ3n) is 4.95. The zero-order valence-electron chi connectivity index (χ0n) is 16.0. The van der Waals surface area contributed by atoms with Gasteiger partial charge >= 0.3 is 0 Å². The third-order valence-corrected chi connectivity index (χ3v) is 4.95. The van der Waals surface area contributed by atoms with Crippen LogP contribution in [0.4, 0.5) is 16.2 Å². The summed E-state index contributed by atoms with van der Waals surface area (Å²) in [6, 6.07) is 1.16. The number of rotatable bonds is 4. The molecule has 0 spiro atoms. The number of H-pyrrole nitrogens is 1. The summed E-state index contributed by atoms with van der Waals surface area (Å²) in [5.41, 5.74) is -0.416. The first kappa shape index (κ1) is 18.9. The average Bonchev–Trinajstić information content (AvgIpc) is 3.22. The molecule has 1 aliphatic heterocycles. The molecule has 1 aliphatic rings. The highest BCUT2D eigenvalue weighted by Crippen LogP contribution is 2.22. The Hall–Kier alpha value is -3.41. The molecule has 4 heterocycles. The van der Waals surface area contributed by atoms with Gasteiger partial charge < -0.3 is 14.4 Å². The van der Waals surface area contributed by atoms with Crippen LogP contribution < -0.4 is 15.6 Å². The summed E-state index contributed by atoms with van der Waals surface area (Å²) < 4.78 is 16.5. The van der Waals surface area contributed by atoms with E-state index >= 15 is 0 Å². The number of amides is 1. The highest BCUT2D eigenvalue weighted by Gasteiger charge is 2.23. The number of carbonyl (C=O) groups is 1. The minimum Gasteiger partial charge on any atom is -0.352 e. The molecule has 0 aromatic carbocycles. The Kier molecular flexibility index (Phi) is 4.92. The van der Waals surface area contributed by atoms with Crippen molar-refractivity contribution in [1.29, 1.82) is 0 Å². The number of nitrogens with one attached hydrogen (secondary N) is 2. The van der Waals surface area contributed by atoms with Crippen molar-refractivity contribution in [3.05, 3.63) is 33.9 Å². The Morgan fingerprint density at radius 1 is 1.31 bits per heavy atom. The van der Waals surface area contributed by atoms with E-state index in [4.69, 9.17) is 0 Å². The lowest BCUT2D eigenvalue weighted by molar-refractivity contribution is 0.102. The lowest BCUT2D eigenvalue weighted by Crippen LogP contribution is -2.45. The van der Waals surface area contributed by atoms with Gasteiger partial charge in [0.25, 0.3) is 5.91 Å². The van der Waals surface area contributed by atoms with Gasteiger partial charge in [0, 0.05) is 38.9 Å². The van der Waals surface area contributed by atoms with Gasteiger partial charge in [-0.2, -0.15) is 0 Å². The topological polar surface area (TPSA) is 125 Å². The summed E-state index contributed by atoms with van der Waals surface area (Å²) in [6.45, 7) is 5.20. The van der Waals surface area contributed by atoms with Gasteiger partial charge in [-0.1, -0.05) is 5.10 Å². The van der Waals surface area contributed by atoms with Crippen molar-refractivity contribution >= 4 is 28.7 Å². The smallest absolute Gasteiger partial charge is 0.263 e. The van der Waals surface area contributed by atoms with Crippen molar-refractivity contribution in [3.8, 4) is 0 Å². The molecule has 12 heteroatoms. The van der Waals surface area contributed by atoms with Crippen LogP contribution in [0.1, 0.15) is 17.3 Å². The van der Waals surface area contributed by atoms with E-state index in [9.17, 15) is 14.0 Å². The Bertz CT molecular complexity index is 1100. The number of halogens is 1. The molecule has 0 bridgehead atoms. The molecular weight excluding hydrogens is 381 g/mol. The average molecular weight is 401 g/mol. The van der Waals surface area contributed by atoms with Crippen molar-refractivity contribution in [3.63, 3.8) is 0 Å². The molecule has 3 aromatic rings. The van der Waals surface area contributed by atoms with E-state index < -0.39 is 17.2 Å². The van der Waals surface area contributed by atoms with Gasteiger partial charge in [-0.3, -0.25) is 14.9 Å². The van der Waals surface area contributed by atoms with Crippen LogP contribution in [-0.4, -0.2) is 74.2 Å². The zero-order chi connectivity index (χ0) is 20.5. The molecule has 0 atom stereocenters. The van der Waals surface area contributed by atoms with Gasteiger partial charge in [0.1, 0.15) is 11.2 Å². The summed E-state index contributed by atoms with van der Waals surface area (Å²) >= 11 is 0. The number of carbonyl (C=O) groups excluding carboxylic acids is 1. The van der Waals surface area contributed by atoms with Crippen molar-refractivity contribution < 1.29 is 9.18 Å². The molecule has 152 valence electrons. The first-order chi connectivity index (χ1) is 14.0. The van der Waals surface area contributed by atoms with Crippen molar-refractivity contribution in [2.75, 3.05) is 43.4 Å². The molecule has 4 rings (SSSR count). The number of nitrogens with zero attached hydrogens (tertiary/aromatic N) is 7. The van der Waals surface area contributed by atoms with E-state index in [0.29, 0.717) is 25.3 Å². The van der Waals surface area contributed by atoms with Crippen molar-refractivity contribution in [1.82, 2.24) is 35.1 Å². The van der Waals surface area contributed by atoms with Crippen LogP contribution in [0.15, 0.2) is 17.1 Å². The Balaban J connectivity index is 1.78. The van der Waals surface area contributed by atoms with Crippen LogP contribution in [0.2, 0.25) is 0 Å². The number of likely N-dealkylation sites (N-methyl/N-ethyl adjacent to an activating group) is 1. The highest BCUT2D eigenvalue weighted by atomic mass is 19.1. The first-order valence-electron chi connectivity index (χ1n) is 9.20. The van der Waals surface area contributed by atoms with Crippen molar-refractivity contribution in [2.24, 2.45) is 0 Å². The van der Waals surface area contributed by atoms with E-state index in [-0.39, 0.29) is 22.7 Å². The van der Waals surface area contributed by atoms with Gasteiger partial charge in [-0.05, 0) is 30.5 Å². The van der Waals surface area contributed by atoms with E-state index in [0.717, 1.165) is 19.2 Å². The van der Waals surface area contributed by atoms with E-state index in [1.165, 1.54) is 6.20 Å². The number of aromatic nitrogens is 6. The first-order valence-corrected chi connectivity index (χ1v) is 9.20. The predicted octanol–water partition coefficient (Wildman–Crippen LogP) is 0.0727. The monoisotopic (exact) mass is 401 g/mol. The number of piperazine rings is 1. The van der Waals surface area contributed by atoms with Gasteiger partial charge in [-0.15, -0.1) is 0 Å². The quantitative estimate of drug-likeness (QED) is 0.629.